The van der Waals surface area contributed by atoms with Gasteiger partial charge in [0.05, 0.1) is 5.56 Å². The minimum absolute atomic E-state index is 0.457. The smallest absolute Gasteiger partial charge is 0.336 e. The molecule has 0 radical (unpaired) electrons. The highest BCUT2D eigenvalue weighted by molar-refractivity contribution is 5.92. The van der Waals surface area contributed by atoms with Crippen molar-refractivity contribution in [3.8, 4) is 0 Å². The summed E-state index contributed by atoms with van der Waals surface area (Å²) >= 11 is 0. The van der Waals surface area contributed by atoms with E-state index in [2.05, 4.69) is 11.8 Å². The van der Waals surface area contributed by atoms with Crippen molar-refractivity contribution in [1.29, 1.82) is 0 Å². The summed E-state index contributed by atoms with van der Waals surface area (Å²) in [4.78, 5) is 13.1. The van der Waals surface area contributed by atoms with Crippen LogP contribution in [0.5, 0.6) is 0 Å². The number of hydrogen-bond acceptors (Lipinski definition) is 2. The van der Waals surface area contributed by atoms with Crippen LogP contribution in [0.4, 0.5) is 5.69 Å². The maximum atomic E-state index is 10.9. The molecule has 1 aromatic rings. The van der Waals surface area contributed by atoms with Gasteiger partial charge in [0.25, 0.3) is 0 Å². The van der Waals surface area contributed by atoms with Gasteiger partial charge in [0.1, 0.15) is 0 Å². The molecule has 0 aliphatic carbocycles. The largest absolute Gasteiger partial charge is 0.478 e. The van der Waals surface area contributed by atoms with Crippen LogP contribution in [-0.2, 0) is 6.42 Å². The molecule has 0 saturated heterocycles. The number of nitrogens with zero attached hydrogens (tertiary/aromatic N) is 1. The molecule has 3 nitrogen and oxygen atoms in total. The van der Waals surface area contributed by atoms with E-state index in [1.807, 2.05) is 12.1 Å². The van der Waals surface area contributed by atoms with Crippen molar-refractivity contribution in [2.24, 2.45) is 0 Å². The van der Waals surface area contributed by atoms with Gasteiger partial charge in [-0.1, -0.05) is 6.07 Å². The molecule has 1 aliphatic heterocycles. The van der Waals surface area contributed by atoms with Crippen LogP contribution in [0.15, 0.2) is 18.2 Å². The van der Waals surface area contributed by atoms with Crippen molar-refractivity contribution in [1.82, 2.24) is 0 Å². The maximum Gasteiger partial charge on any atom is 0.336 e. The van der Waals surface area contributed by atoms with Crippen molar-refractivity contribution in [3.63, 3.8) is 0 Å². The number of benzene rings is 1. The molecular weight excluding hydrogens is 178 g/mol. The first-order valence-corrected chi connectivity index (χ1v) is 4.84. The molecular formula is C11H13NO2. The van der Waals surface area contributed by atoms with Crippen LogP contribution < -0.4 is 4.90 Å². The van der Waals surface area contributed by atoms with Crippen molar-refractivity contribution in [2.75, 3.05) is 18.0 Å². The molecule has 2 rings (SSSR count). The number of rotatable bonds is 2. The van der Waals surface area contributed by atoms with Crippen LogP contribution in [-0.4, -0.2) is 24.2 Å². The molecule has 3 heteroatoms. The van der Waals surface area contributed by atoms with Gasteiger partial charge in [-0.2, -0.15) is 0 Å². The summed E-state index contributed by atoms with van der Waals surface area (Å²) in [6, 6.07) is 5.49. The molecule has 0 atom stereocenters. The zero-order valence-electron chi connectivity index (χ0n) is 8.16. The highest BCUT2D eigenvalue weighted by Crippen LogP contribution is 2.30. The third kappa shape index (κ3) is 1.25. The summed E-state index contributed by atoms with van der Waals surface area (Å²) in [5, 5.41) is 8.99. The second-order valence-corrected chi connectivity index (χ2v) is 3.44. The van der Waals surface area contributed by atoms with Crippen LogP contribution in [0.1, 0.15) is 22.8 Å². The van der Waals surface area contributed by atoms with E-state index in [0.29, 0.717) is 5.56 Å². The first-order chi connectivity index (χ1) is 6.74. The second kappa shape index (κ2) is 3.33. The average molecular weight is 191 g/mol. The Bertz CT molecular complexity index is 374. The Labute approximate surface area is 83.0 Å². The Hall–Kier alpha value is -1.51. The maximum absolute atomic E-state index is 10.9. The van der Waals surface area contributed by atoms with Gasteiger partial charge in [0, 0.05) is 18.8 Å². The highest BCUT2D eigenvalue weighted by Gasteiger charge is 2.22. The third-order valence-corrected chi connectivity index (χ3v) is 2.74. The number of hydrogen-bond donors (Lipinski definition) is 1. The Morgan fingerprint density at radius 2 is 2.36 bits per heavy atom. The lowest BCUT2D eigenvalue weighted by Crippen LogP contribution is -2.18. The number of carboxylic acids is 1. The number of fused-ring (bicyclic) bond motifs is 1. The molecule has 0 fully saturated rings. The van der Waals surface area contributed by atoms with Crippen LogP contribution in [0, 0.1) is 0 Å². The molecule has 0 bridgehead atoms. The summed E-state index contributed by atoms with van der Waals surface area (Å²) < 4.78 is 0. The van der Waals surface area contributed by atoms with E-state index in [-0.39, 0.29) is 0 Å². The second-order valence-electron chi connectivity index (χ2n) is 3.44. The highest BCUT2D eigenvalue weighted by atomic mass is 16.4. The van der Waals surface area contributed by atoms with E-state index < -0.39 is 5.97 Å². The molecule has 1 heterocycles. The van der Waals surface area contributed by atoms with Gasteiger partial charge in [-0.15, -0.1) is 0 Å². The first kappa shape index (κ1) is 9.06. The fourth-order valence-corrected chi connectivity index (χ4v) is 2.03. The Kier molecular flexibility index (Phi) is 2.15. The predicted molar refractivity (Wildman–Crippen MR) is 55.0 cm³/mol. The molecule has 0 unspecified atom stereocenters. The van der Waals surface area contributed by atoms with Gasteiger partial charge in [-0.3, -0.25) is 0 Å². The van der Waals surface area contributed by atoms with Crippen LogP contribution >= 0.6 is 0 Å². The lowest BCUT2D eigenvalue weighted by molar-refractivity contribution is 0.0696. The molecule has 14 heavy (non-hydrogen) atoms. The molecule has 74 valence electrons. The standard InChI is InChI=1S/C11H13NO2/c1-2-12-7-6-8-9(11(13)14)4-3-5-10(8)12/h3-5H,2,6-7H2,1H3,(H,13,14). The lowest BCUT2D eigenvalue weighted by Gasteiger charge is -2.16. The van der Waals surface area contributed by atoms with Crippen molar-refractivity contribution >= 4 is 11.7 Å². The summed E-state index contributed by atoms with van der Waals surface area (Å²) in [6.07, 6.45) is 0.853. The van der Waals surface area contributed by atoms with E-state index in [4.69, 9.17) is 5.11 Å². The van der Waals surface area contributed by atoms with Gasteiger partial charge < -0.3 is 10.0 Å². The minimum Gasteiger partial charge on any atom is -0.478 e. The number of aromatic carboxylic acids is 1. The van der Waals surface area contributed by atoms with Crippen LogP contribution in [0.3, 0.4) is 0 Å². The van der Waals surface area contributed by atoms with Gasteiger partial charge in [0.15, 0.2) is 0 Å². The summed E-state index contributed by atoms with van der Waals surface area (Å²) in [5.74, 6) is -0.820. The van der Waals surface area contributed by atoms with E-state index in [9.17, 15) is 4.79 Å². The van der Waals surface area contributed by atoms with E-state index in [1.165, 1.54) is 0 Å². The summed E-state index contributed by atoms with van der Waals surface area (Å²) in [5.41, 5.74) is 2.53. The third-order valence-electron chi connectivity index (χ3n) is 2.74. The van der Waals surface area contributed by atoms with Gasteiger partial charge >= 0.3 is 5.97 Å². The molecule has 0 aromatic heterocycles. The Morgan fingerprint density at radius 1 is 1.57 bits per heavy atom. The molecule has 1 aliphatic rings. The van der Waals surface area contributed by atoms with E-state index >= 15 is 0 Å². The van der Waals surface area contributed by atoms with Gasteiger partial charge in [0.2, 0.25) is 0 Å². The fourth-order valence-electron chi connectivity index (χ4n) is 2.03. The Balaban J connectivity index is 2.49. The monoisotopic (exact) mass is 191 g/mol. The normalized spacial score (nSPS) is 14.2. The fraction of sp³-hybridized carbons (Fsp3) is 0.364. The van der Waals surface area contributed by atoms with Crippen LogP contribution in [0.2, 0.25) is 0 Å². The molecule has 0 amide bonds. The molecule has 1 N–H and O–H groups in total. The quantitative estimate of drug-likeness (QED) is 0.774. The average Bonchev–Trinajstić information content (AvgIpc) is 2.59. The van der Waals surface area contributed by atoms with E-state index in [1.54, 1.807) is 6.07 Å². The SMILES string of the molecule is CCN1CCc2c(C(=O)O)cccc21. The first-order valence-electron chi connectivity index (χ1n) is 4.84. The number of carbonyl (C=O) groups is 1. The summed E-state index contributed by atoms with van der Waals surface area (Å²) in [6.45, 7) is 3.97. The number of likely N-dealkylation sites (N-methyl/N-ethyl adjacent to an activating group) is 1. The van der Waals surface area contributed by atoms with Crippen molar-refractivity contribution < 1.29 is 9.90 Å². The Morgan fingerprint density at radius 3 is 3.00 bits per heavy atom. The predicted octanol–water partition coefficient (Wildman–Crippen LogP) is 1.77. The number of carboxylic acid groups (broad SMARTS) is 1. The van der Waals surface area contributed by atoms with E-state index in [0.717, 1.165) is 30.8 Å². The van der Waals surface area contributed by atoms with Gasteiger partial charge in [-0.05, 0) is 31.0 Å². The topological polar surface area (TPSA) is 40.5 Å². The van der Waals surface area contributed by atoms with Gasteiger partial charge in [-0.25, -0.2) is 4.79 Å². The minimum atomic E-state index is -0.820. The zero-order chi connectivity index (χ0) is 10.1. The van der Waals surface area contributed by atoms with Crippen molar-refractivity contribution in [2.45, 2.75) is 13.3 Å². The number of anilines is 1. The summed E-state index contributed by atoms with van der Waals surface area (Å²) in [7, 11) is 0. The lowest BCUT2D eigenvalue weighted by atomic mass is 10.1. The van der Waals surface area contributed by atoms with Crippen LogP contribution in [0.25, 0.3) is 0 Å². The zero-order valence-corrected chi connectivity index (χ0v) is 8.16. The molecule has 0 saturated carbocycles. The molecule has 0 spiro atoms. The molecule has 1 aromatic carbocycles. The van der Waals surface area contributed by atoms with Crippen molar-refractivity contribution in [3.05, 3.63) is 29.3 Å².